The first-order chi connectivity index (χ1) is 11.3. The number of hydrogen-bond donors (Lipinski definition) is 2. The minimum Gasteiger partial charge on any atom is -0.391 e. The van der Waals surface area contributed by atoms with Gasteiger partial charge in [-0.3, -0.25) is 9.89 Å². The summed E-state index contributed by atoms with van der Waals surface area (Å²) in [7, 11) is 0. The summed E-state index contributed by atoms with van der Waals surface area (Å²) in [6.07, 6.45) is -3.98. The van der Waals surface area contributed by atoms with Crippen molar-refractivity contribution in [3.8, 4) is 0 Å². The molecule has 8 heteroatoms. The number of amides is 1. The number of aryl methyl sites for hydroxylation is 1. The molecule has 0 aliphatic carbocycles. The van der Waals surface area contributed by atoms with Gasteiger partial charge in [0.15, 0.2) is 0 Å². The molecule has 3 rings (SSSR count). The molecule has 128 valence electrons. The molecule has 1 aromatic heterocycles. The summed E-state index contributed by atoms with van der Waals surface area (Å²) in [6.45, 7) is 1.64. The van der Waals surface area contributed by atoms with Gasteiger partial charge in [-0.05, 0) is 25.0 Å². The lowest BCUT2D eigenvalue weighted by molar-refractivity contribution is -0.138. The van der Waals surface area contributed by atoms with E-state index in [1.54, 1.807) is 6.92 Å². The van der Waals surface area contributed by atoms with Crippen LogP contribution >= 0.6 is 0 Å². The van der Waals surface area contributed by atoms with Crippen molar-refractivity contribution >= 4 is 5.91 Å². The van der Waals surface area contributed by atoms with Gasteiger partial charge in [0.2, 0.25) is 0 Å². The van der Waals surface area contributed by atoms with Crippen LogP contribution < -0.4 is 0 Å². The first-order valence-electron chi connectivity index (χ1n) is 7.44. The Labute approximate surface area is 136 Å². The molecule has 2 N–H and O–H groups in total. The lowest BCUT2D eigenvalue weighted by atomic mass is 9.97. The van der Waals surface area contributed by atoms with Gasteiger partial charge < -0.3 is 10.0 Å². The van der Waals surface area contributed by atoms with Gasteiger partial charge in [0.05, 0.1) is 29.5 Å². The first kappa shape index (κ1) is 16.5. The van der Waals surface area contributed by atoms with Gasteiger partial charge in [-0.15, -0.1) is 0 Å². The van der Waals surface area contributed by atoms with Crippen LogP contribution in [0.5, 0.6) is 0 Å². The average Bonchev–Trinajstić information content (AvgIpc) is 3.11. The van der Waals surface area contributed by atoms with Crippen molar-refractivity contribution in [3.63, 3.8) is 0 Å². The lowest BCUT2D eigenvalue weighted by Gasteiger charge is -2.27. The normalized spacial score (nSPS) is 21.3. The number of β-amino-alcohol motifs (C(OH)–C–C–N with tert-alkyl or cyclic N) is 1. The summed E-state index contributed by atoms with van der Waals surface area (Å²) in [5.41, 5.74) is 0.0321. The highest BCUT2D eigenvalue weighted by Crippen LogP contribution is 2.40. The number of rotatable bonds is 2. The van der Waals surface area contributed by atoms with Crippen LogP contribution in [-0.4, -0.2) is 38.8 Å². The number of hydrogen-bond acceptors (Lipinski definition) is 3. The van der Waals surface area contributed by atoms with E-state index in [9.17, 15) is 23.1 Å². The van der Waals surface area contributed by atoms with E-state index in [0.29, 0.717) is 11.3 Å². The Morgan fingerprint density at radius 3 is 2.71 bits per heavy atom. The Morgan fingerprint density at radius 2 is 2.08 bits per heavy atom. The minimum atomic E-state index is -4.52. The number of H-pyrrole nitrogens is 1. The molecule has 1 saturated heterocycles. The lowest BCUT2D eigenvalue weighted by Crippen LogP contribution is -2.32. The fraction of sp³-hybridized carbons (Fsp3) is 0.375. The van der Waals surface area contributed by atoms with E-state index in [2.05, 4.69) is 10.2 Å². The van der Waals surface area contributed by atoms with Gasteiger partial charge in [0.25, 0.3) is 5.91 Å². The number of aromatic nitrogens is 2. The summed E-state index contributed by atoms with van der Waals surface area (Å²) in [4.78, 5) is 14.0. The standard InChI is InChI=1S/C16H16F3N3O2/c1-9-12(7-20-21-9)15(24)22-8-10(23)6-14(22)11-4-2-3-5-13(11)16(17,18)19/h2-5,7,10,14,23H,6,8H2,1H3,(H,20,21)/t10-,14+/m0/s1. The topological polar surface area (TPSA) is 69.2 Å². The highest BCUT2D eigenvalue weighted by atomic mass is 19.4. The van der Waals surface area contributed by atoms with Gasteiger partial charge in [0.1, 0.15) is 0 Å². The number of carbonyl (C=O) groups excluding carboxylic acids is 1. The third kappa shape index (κ3) is 2.89. The van der Waals surface area contributed by atoms with E-state index >= 15 is 0 Å². The fourth-order valence-electron chi connectivity index (χ4n) is 3.10. The maximum atomic E-state index is 13.3. The number of likely N-dealkylation sites (tertiary alicyclic amines) is 1. The van der Waals surface area contributed by atoms with Gasteiger partial charge in [-0.25, -0.2) is 0 Å². The van der Waals surface area contributed by atoms with Crippen molar-refractivity contribution in [2.45, 2.75) is 31.7 Å². The van der Waals surface area contributed by atoms with Crippen molar-refractivity contribution in [3.05, 3.63) is 52.8 Å². The summed E-state index contributed by atoms with van der Waals surface area (Å²) < 4.78 is 39.9. The van der Waals surface area contributed by atoms with Gasteiger partial charge in [-0.2, -0.15) is 18.3 Å². The number of nitrogens with one attached hydrogen (secondary N) is 1. The van der Waals surface area contributed by atoms with Crippen LogP contribution in [0.3, 0.4) is 0 Å². The molecule has 0 radical (unpaired) electrons. The van der Waals surface area contributed by atoms with E-state index in [1.807, 2.05) is 0 Å². The van der Waals surface area contributed by atoms with Crippen molar-refractivity contribution < 1.29 is 23.1 Å². The molecule has 1 aliphatic rings. The molecule has 1 fully saturated rings. The molecule has 1 amide bonds. The zero-order valence-electron chi connectivity index (χ0n) is 12.8. The van der Waals surface area contributed by atoms with Crippen LogP contribution in [0.1, 0.15) is 39.6 Å². The molecule has 2 atom stereocenters. The maximum absolute atomic E-state index is 13.3. The van der Waals surface area contributed by atoms with Gasteiger partial charge in [-0.1, -0.05) is 18.2 Å². The number of carbonyl (C=O) groups is 1. The van der Waals surface area contributed by atoms with Crippen LogP contribution in [0.4, 0.5) is 13.2 Å². The van der Waals surface area contributed by atoms with Crippen LogP contribution in [0.15, 0.2) is 30.5 Å². The predicted molar refractivity (Wildman–Crippen MR) is 79.2 cm³/mol. The fourth-order valence-corrected chi connectivity index (χ4v) is 3.10. The quantitative estimate of drug-likeness (QED) is 0.884. The molecule has 1 aromatic carbocycles. The number of aromatic amines is 1. The van der Waals surface area contributed by atoms with Crippen LogP contribution in [-0.2, 0) is 6.18 Å². The first-order valence-corrected chi connectivity index (χ1v) is 7.44. The Kier molecular flexibility index (Phi) is 4.08. The Hall–Kier alpha value is -2.35. The van der Waals surface area contributed by atoms with E-state index in [4.69, 9.17) is 0 Å². The minimum absolute atomic E-state index is 0.00366. The highest BCUT2D eigenvalue weighted by Gasteiger charge is 2.41. The third-order valence-corrected chi connectivity index (χ3v) is 4.23. The second-order valence-electron chi connectivity index (χ2n) is 5.86. The molecule has 2 heterocycles. The molecule has 0 spiro atoms. The maximum Gasteiger partial charge on any atom is 0.416 e. The van der Waals surface area contributed by atoms with Crippen molar-refractivity contribution in [2.24, 2.45) is 0 Å². The van der Waals surface area contributed by atoms with Crippen molar-refractivity contribution in [1.29, 1.82) is 0 Å². The largest absolute Gasteiger partial charge is 0.416 e. The zero-order chi connectivity index (χ0) is 17.5. The second-order valence-corrected chi connectivity index (χ2v) is 5.86. The summed E-state index contributed by atoms with van der Waals surface area (Å²) >= 11 is 0. The molecular formula is C16H16F3N3O2. The van der Waals surface area contributed by atoms with Crippen LogP contribution in [0.2, 0.25) is 0 Å². The van der Waals surface area contributed by atoms with Crippen molar-refractivity contribution in [2.75, 3.05) is 6.54 Å². The molecule has 1 aliphatic heterocycles. The van der Waals surface area contributed by atoms with Gasteiger partial charge >= 0.3 is 6.18 Å². The second kappa shape index (κ2) is 5.94. The third-order valence-electron chi connectivity index (χ3n) is 4.23. The van der Waals surface area contributed by atoms with Crippen molar-refractivity contribution in [1.82, 2.24) is 15.1 Å². The number of nitrogens with zero attached hydrogens (tertiary/aromatic N) is 2. The Balaban J connectivity index is 2.01. The highest BCUT2D eigenvalue weighted by molar-refractivity contribution is 5.95. The molecule has 5 nitrogen and oxygen atoms in total. The smallest absolute Gasteiger partial charge is 0.391 e. The monoisotopic (exact) mass is 339 g/mol. The predicted octanol–water partition coefficient (Wildman–Crippen LogP) is 2.69. The Morgan fingerprint density at radius 1 is 1.38 bits per heavy atom. The van der Waals surface area contributed by atoms with E-state index in [1.165, 1.54) is 29.3 Å². The molecular weight excluding hydrogens is 323 g/mol. The summed E-state index contributed by atoms with van der Waals surface area (Å²) in [6, 6.07) is 4.32. The summed E-state index contributed by atoms with van der Waals surface area (Å²) in [5, 5.41) is 16.3. The van der Waals surface area contributed by atoms with Gasteiger partial charge in [0, 0.05) is 12.2 Å². The average molecular weight is 339 g/mol. The molecule has 0 unspecified atom stereocenters. The van der Waals surface area contributed by atoms with E-state index in [0.717, 1.165) is 6.07 Å². The van der Waals surface area contributed by atoms with E-state index in [-0.39, 0.29) is 18.5 Å². The molecule has 24 heavy (non-hydrogen) atoms. The van der Waals surface area contributed by atoms with Crippen LogP contribution in [0.25, 0.3) is 0 Å². The SMILES string of the molecule is Cc1[nH]ncc1C(=O)N1C[C@@H](O)C[C@@H]1c1ccccc1C(F)(F)F. The summed E-state index contributed by atoms with van der Waals surface area (Å²) in [5.74, 6) is -0.445. The number of aliphatic hydroxyl groups is 1. The number of benzene rings is 1. The number of halogens is 3. The zero-order valence-corrected chi connectivity index (χ0v) is 12.8. The number of alkyl halides is 3. The molecule has 2 aromatic rings. The Bertz CT molecular complexity index is 757. The molecule has 0 bridgehead atoms. The molecule has 0 saturated carbocycles. The van der Waals surface area contributed by atoms with E-state index < -0.39 is 29.8 Å². The number of aliphatic hydroxyl groups excluding tert-OH is 1. The van der Waals surface area contributed by atoms with Crippen LogP contribution in [0, 0.1) is 6.92 Å².